The fourth-order valence-electron chi connectivity index (χ4n) is 3.35. The lowest BCUT2D eigenvalue weighted by Gasteiger charge is -2.30. The van der Waals surface area contributed by atoms with Crippen LogP contribution < -0.4 is 15.4 Å². The number of hydrogen-bond donors (Lipinski definition) is 2. The molecule has 1 amide bonds. The first kappa shape index (κ1) is 21.3. The lowest BCUT2D eigenvalue weighted by atomic mass is 10.1. The first-order valence-electron chi connectivity index (χ1n) is 9.77. The summed E-state index contributed by atoms with van der Waals surface area (Å²) in [5, 5.41) is 8.17. The Hall–Kier alpha value is -2.42. The number of carbonyl (C=O) groups is 1. The minimum absolute atomic E-state index is 0.0660. The number of nitrogens with two attached hydrogens (primary N) is 1. The van der Waals surface area contributed by atoms with Crippen LogP contribution in [-0.2, 0) is 21.2 Å². The lowest BCUT2D eigenvalue weighted by molar-refractivity contribution is 0.0951. The van der Waals surface area contributed by atoms with Gasteiger partial charge in [0.25, 0.3) is 5.91 Å². The van der Waals surface area contributed by atoms with Crippen molar-refractivity contribution in [2.24, 2.45) is 5.14 Å². The van der Waals surface area contributed by atoms with Crippen LogP contribution in [0.1, 0.15) is 28.8 Å². The molecule has 0 unspecified atom stereocenters. The summed E-state index contributed by atoms with van der Waals surface area (Å²) in [6.45, 7) is 2.95. The summed E-state index contributed by atoms with van der Waals surface area (Å²) < 4.78 is 28.9. The number of ether oxygens (including phenoxy) is 1. The predicted molar refractivity (Wildman–Crippen MR) is 113 cm³/mol. The number of morpholine rings is 1. The van der Waals surface area contributed by atoms with Crippen LogP contribution in [0.5, 0.6) is 0 Å². The van der Waals surface area contributed by atoms with E-state index >= 15 is 0 Å². The maximum atomic E-state index is 12.8. The molecule has 0 radical (unpaired) electrons. The predicted octanol–water partition coefficient (Wildman–Crippen LogP) is 1.92. The number of amides is 1. The van der Waals surface area contributed by atoms with E-state index in [1.54, 1.807) is 6.07 Å². The summed E-state index contributed by atoms with van der Waals surface area (Å²) >= 11 is 0. The summed E-state index contributed by atoms with van der Waals surface area (Å²) in [5.74, 6) is -0.295. The molecule has 3 N–H and O–H groups in total. The first-order chi connectivity index (χ1) is 13.9. The highest BCUT2D eigenvalue weighted by molar-refractivity contribution is 7.89. The van der Waals surface area contributed by atoms with E-state index in [-0.39, 0.29) is 10.8 Å². The second-order valence-electron chi connectivity index (χ2n) is 7.02. The van der Waals surface area contributed by atoms with Gasteiger partial charge in [-0.05, 0) is 43.0 Å². The van der Waals surface area contributed by atoms with Gasteiger partial charge in [0.05, 0.1) is 23.7 Å². The number of rotatable bonds is 8. The number of aryl methyl sites for hydroxylation is 1. The third-order valence-electron chi connectivity index (χ3n) is 4.91. The van der Waals surface area contributed by atoms with Gasteiger partial charge < -0.3 is 15.0 Å². The maximum absolute atomic E-state index is 12.8. The number of nitrogens with one attached hydrogen (secondary N) is 1. The quantitative estimate of drug-likeness (QED) is 0.639. The van der Waals surface area contributed by atoms with Crippen LogP contribution in [-0.4, -0.2) is 47.2 Å². The zero-order valence-electron chi connectivity index (χ0n) is 16.3. The lowest BCUT2D eigenvalue weighted by Crippen LogP contribution is -2.38. The van der Waals surface area contributed by atoms with Gasteiger partial charge in [-0.25, -0.2) is 13.6 Å². The number of hydrogen-bond acceptors (Lipinski definition) is 5. The van der Waals surface area contributed by atoms with Crippen molar-refractivity contribution in [2.75, 3.05) is 37.7 Å². The molecule has 0 atom stereocenters. The first-order valence-corrected chi connectivity index (χ1v) is 11.3. The summed E-state index contributed by atoms with van der Waals surface area (Å²) in [5.41, 5.74) is 2.29. The van der Waals surface area contributed by atoms with Crippen molar-refractivity contribution in [3.05, 3.63) is 59.7 Å². The van der Waals surface area contributed by atoms with Gasteiger partial charge in [-0.3, -0.25) is 4.79 Å². The Kier molecular flexibility index (Phi) is 7.24. The highest BCUT2D eigenvalue weighted by Gasteiger charge is 2.21. The number of sulfonamides is 1. The van der Waals surface area contributed by atoms with Crippen molar-refractivity contribution in [3.63, 3.8) is 0 Å². The highest BCUT2D eigenvalue weighted by atomic mass is 32.2. The molecule has 3 rings (SSSR count). The van der Waals surface area contributed by atoms with Crippen molar-refractivity contribution < 1.29 is 17.9 Å². The van der Waals surface area contributed by atoms with Crippen LogP contribution in [0.4, 0.5) is 5.69 Å². The SMILES string of the molecule is NS(=O)(=O)c1ccc(N2CCOCC2)c(C(=O)NCCCCc2ccccc2)c1. The molecule has 156 valence electrons. The fraction of sp³-hybridized carbons (Fsp3) is 0.381. The highest BCUT2D eigenvalue weighted by Crippen LogP contribution is 2.25. The van der Waals surface area contributed by atoms with E-state index in [1.165, 1.54) is 17.7 Å². The van der Waals surface area contributed by atoms with Gasteiger partial charge in [0.2, 0.25) is 10.0 Å². The number of nitrogens with zero attached hydrogens (tertiary/aromatic N) is 1. The molecular formula is C21H27N3O4S. The molecule has 1 saturated heterocycles. The average molecular weight is 418 g/mol. The van der Waals surface area contributed by atoms with Crippen LogP contribution in [0, 0.1) is 0 Å². The summed E-state index contributed by atoms with van der Waals surface area (Å²) in [6, 6.07) is 14.7. The van der Waals surface area contributed by atoms with E-state index in [2.05, 4.69) is 17.4 Å². The Bertz CT molecular complexity index is 926. The van der Waals surface area contributed by atoms with Crippen LogP contribution >= 0.6 is 0 Å². The van der Waals surface area contributed by atoms with Crippen molar-refractivity contribution in [1.82, 2.24) is 5.32 Å². The summed E-state index contributed by atoms with van der Waals surface area (Å²) in [6.07, 6.45) is 2.75. The van der Waals surface area contributed by atoms with E-state index < -0.39 is 10.0 Å². The van der Waals surface area contributed by atoms with E-state index in [1.807, 2.05) is 23.1 Å². The second kappa shape index (κ2) is 9.87. The second-order valence-corrected chi connectivity index (χ2v) is 8.58. The normalized spacial score (nSPS) is 14.6. The number of anilines is 1. The van der Waals surface area contributed by atoms with Gasteiger partial charge in [0, 0.05) is 25.3 Å². The molecule has 0 saturated carbocycles. The topological polar surface area (TPSA) is 102 Å². The Labute approximate surface area is 171 Å². The minimum Gasteiger partial charge on any atom is -0.378 e. The van der Waals surface area contributed by atoms with Crippen molar-refractivity contribution >= 4 is 21.6 Å². The molecule has 7 nitrogen and oxygen atoms in total. The molecule has 0 aromatic heterocycles. The summed E-state index contributed by atoms with van der Waals surface area (Å²) in [4.78, 5) is 14.8. The van der Waals surface area contributed by atoms with E-state index in [0.29, 0.717) is 44.1 Å². The van der Waals surface area contributed by atoms with Crippen LogP contribution in [0.2, 0.25) is 0 Å². The third kappa shape index (κ3) is 6.03. The van der Waals surface area contributed by atoms with Gasteiger partial charge in [-0.2, -0.15) is 0 Å². The van der Waals surface area contributed by atoms with Gasteiger partial charge >= 0.3 is 0 Å². The van der Waals surface area contributed by atoms with E-state index in [9.17, 15) is 13.2 Å². The Morgan fingerprint density at radius 3 is 2.48 bits per heavy atom. The Balaban J connectivity index is 1.65. The minimum atomic E-state index is -3.89. The zero-order chi connectivity index (χ0) is 20.7. The standard InChI is InChI=1S/C21H27N3O4S/c22-29(26,27)18-9-10-20(24-12-14-28-15-13-24)19(16-18)21(25)23-11-5-4-8-17-6-2-1-3-7-17/h1-3,6-7,9-10,16H,4-5,8,11-15H2,(H,23,25)(H2,22,26,27). The smallest absolute Gasteiger partial charge is 0.253 e. The molecule has 8 heteroatoms. The van der Waals surface area contributed by atoms with Gasteiger partial charge in [0.15, 0.2) is 0 Å². The molecular weight excluding hydrogens is 390 g/mol. The van der Waals surface area contributed by atoms with Gasteiger partial charge in [0.1, 0.15) is 0 Å². The molecule has 0 aliphatic carbocycles. The third-order valence-corrected chi connectivity index (χ3v) is 5.82. The number of unbranched alkanes of at least 4 members (excludes halogenated alkanes) is 1. The van der Waals surface area contributed by atoms with Gasteiger partial charge in [-0.1, -0.05) is 30.3 Å². The molecule has 0 bridgehead atoms. The average Bonchev–Trinajstić information content (AvgIpc) is 2.73. The Morgan fingerprint density at radius 2 is 1.79 bits per heavy atom. The molecule has 29 heavy (non-hydrogen) atoms. The summed E-state index contributed by atoms with van der Waals surface area (Å²) in [7, 11) is -3.89. The Morgan fingerprint density at radius 1 is 1.07 bits per heavy atom. The molecule has 2 aromatic carbocycles. The molecule has 0 spiro atoms. The largest absolute Gasteiger partial charge is 0.378 e. The van der Waals surface area contributed by atoms with E-state index in [4.69, 9.17) is 9.88 Å². The molecule has 2 aromatic rings. The maximum Gasteiger partial charge on any atom is 0.253 e. The monoisotopic (exact) mass is 417 g/mol. The van der Waals surface area contributed by atoms with Crippen molar-refractivity contribution in [3.8, 4) is 0 Å². The molecule has 1 heterocycles. The molecule has 1 fully saturated rings. The molecule has 1 aliphatic rings. The molecule has 1 aliphatic heterocycles. The number of benzene rings is 2. The fourth-order valence-corrected chi connectivity index (χ4v) is 3.89. The van der Waals surface area contributed by atoms with E-state index in [0.717, 1.165) is 19.3 Å². The van der Waals surface area contributed by atoms with Crippen molar-refractivity contribution in [2.45, 2.75) is 24.2 Å². The van der Waals surface area contributed by atoms with Gasteiger partial charge in [-0.15, -0.1) is 0 Å². The number of primary sulfonamides is 1. The van der Waals surface area contributed by atoms with Crippen LogP contribution in [0.15, 0.2) is 53.4 Å². The zero-order valence-corrected chi connectivity index (χ0v) is 17.2. The number of carbonyl (C=O) groups excluding carboxylic acids is 1. The van der Waals surface area contributed by atoms with Crippen molar-refractivity contribution in [1.29, 1.82) is 0 Å². The van der Waals surface area contributed by atoms with Crippen LogP contribution in [0.3, 0.4) is 0 Å². The van der Waals surface area contributed by atoms with Crippen LogP contribution in [0.25, 0.3) is 0 Å².